The van der Waals surface area contributed by atoms with Gasteiger partial charge in [0.05, 0.1) is 6.61 Å². The van der Waals surface area contributed by atoms with Crippen molar-refractivity contribution in [3.8, 4) is 0 Å². The number of nitrogens with zero attached hydrogens (tertiary/aromatic N) is 2. The molecule has 1 fully saturated rings. The molecule has 0 aliphatic carbocycles. The van der Waals surface area contributed by atoms with Crippen molar-refractivity contribution in [2.75, 3.05) is 45.2 Å². The number of ether oxygens (including phenoxy) is 1. The highest BCUT2D eigenvalue weighted by atomic mass is 16.5. The predicted octanol–water partition coefficient (Wildman–Crippen LogP) is 1.70. The highest BCUT2D eigenvalue weighted by Gasteiger charge is 2.15. The molecule has 2 N–H and O–H groups in total. The van der Waals surface area contributed by atoms with E-state index in [4.69, 9.17) is 4.74 Å². The van der Waals surface area contributed by atoms with Crippen LogP contribution in [0.2, 0.25) is 0 Å². The van der Waals surface area contributed by atoms with E-state index < -0.39 is 0 Å². The third-order valence-corrected chi connectivity index (χ3v) is 3.69. The van der Waals surface area contributed by atoms with Crippen LogP contribution in [0.5, 0.6) is 0 Å². The lowest BCUT2D eigenvalue weighted by atomic mass is 10.1. The largest absolute Gasteiger partial charge is 0.383 e. The Balaban J connectivity index is 1.97. The van der Waals surface area contributed by atoms with Crippen LogP contribution in [0, 0.1) is 0 Å². The van der Waals surface area contributed by atoms with Crippen molar-refractivity contribution < 1.29 is 9.53 Å². The van der Waals surface area contributed by atoms with Gasteiger partial charge in [0.1, 0.15) is 6.54 Å². The Morgan fingerprint density at radius 2 is 1.96 bits per heavy atom. The van der Waals surface area contributed by atoms with E-state index in [2.05, 4.69) is 20.5 Å². The average molecular weight is 318 g/mol. The van der Waals surface area contributed by atoms with Crippen LogP contribution in [0.25, 0.3) is 0 Å². The summed E-state index contributed by atoms with van der Waals surface area (Å²) in [4.78, 5) is 18.6. The van der Waals surface area contributed by atoms with E-state index in [0.29, 0.717) is 13.2 Å². The van der Waals surface area contributed by atoms with Gasteiger partial charge >= 0.3 is 0 Å². The number of likely N-dealkylation sites (tertiary alicyclic amines) is 1. The van der Waals surface area contributed by atoms with Gasteiger partial charge in [0, 0.05) is 32.4 Å². The molecule has 23 heavy (non-hydrogen) atoms. The van der Waals surface area contributed by atoms with Crippen LogP contribution in [0.3, 0.4) is 0 Å². The van der Waals surface area contributed by atoms with Gasteiger partial charge < -0.3 is 20.3 Å². The van der Waals surface area contributed by atoms with Crippen molar-refractivity contribution in [2.45, 2.75) is 19.3 Å². The molecular weight excluding hydrogens is 292 g/mol. The van der Waals surface area contributed by atoms with Crippen LogP contribution < -0.4 is 10.6 Å². The molecule has 1 aromatic rings. The smallest absolute Gasteiger partial charge is 0.241 e. The lowest BCUT2D eigenvalue weighted by Crippen LogP contribution is -2.41. The molecule has 1 aliphatic heterocycles. The molecule has 0 spiro atoms. The SMILES string of the molecule is COCCNC(=O)CN=C(Nc1ccccc1)N1CCCCC1. The zero-order chi connectivity index (χ0) is 16.3. The molecule has 0 saturated carbocycles. The molecule has 6 heteroatoms. The maximum absolute atomic E-state index is 11.8. The summed E-state index contributed by atoms with van der Waals surface area (Å²) in [6.07, 6.45) is 3.58. The summed E-state index contributed by atoms with van der Waals surface area (Å²) in [7, 11) is 1.61. The first-order valence-electron chi connectivity index (χ1n) is 8.16. The number of hydrogen-bond acceptors (Lipinski definition) is 3. The Morgan fingerprint density at radius 1 is 1.22 bits per heavy atom. The number of benzene rings is 1. The summed E-state index contributed by atoms with van der Waals surface area (Å²) in [5.41, 5.74) is 0.983. The van der Waals surface area contributed by atoms with Crippen LogP contribution in [0.1, 0.15) is 19.3 Å². The Labute approximate surface area is 137 Å². The molecule has 0 atom stereocenters. The summed E-state index contributed by atoms with van der Waals surface area (Å²) in [6, 6.07) is 9.93. The molecule has 0 radical (unpaired) electrons. The van der Waals surface area contributed by atoms with Crippen molar-refractivity contribution in [2.24, 2.45) is 4.99 Å². The highest BCUT2D eigenvalue weighted by Crippen LogP contribution is 2.12. The summed E-state index contributed by atoms with van der Waals surface area (Å²) in [6.45, 7) is 3.09. The number of carbonyl (C=O) groups excluding carboxylic acids is 1. The Bertz CT molecular complexity index is 499. The number of nitrogens with one attached hydrogen (secondary N) is 2. The second kappa shape index (κ2) is 9.84. The van der Waals surface area contributed by atoms with Gasteiger partial charge in [0.15, 0.2) is 5.96 Å². The Hall–Kier alpha value is -2.08. The number of amides is 1. The van der Waals surface area contributed by atoms with E-state index in [1.807, 2.05) is 30.3 Å². The van der Waals surface area contributed by atoms with Crippen molar-refractivity contribution in [3.05, 3.63) is 30.3 Å². The van der Waals surface area contributed by atoms with Gasteiger partial charge in [-0.05, 0) is 31.4 Å². The predicted molar refractivity (Wildman–Crippen MR) is 92.7 cm³/mol. The molecule has 126 valence electrons. The van der Waals surface area contributed by atoms with E-state index in [1.54, 1.807) is 7.11 Å². The van der Waals surface area contributed by atoms with Crippen LogP contribution in [-0.2, 0) is 9.53 Å². The minimum Gasteiger partial charge on any atom is -0.383 e. The van der Waals surface area contributed by atoms with Crippen LogP contribution in [0.15, 0.2) is 35.3 Å². The maximum atomic E-state index is 11.8. The number of piperidine rings is 1. The molecule has 2 rings (SSSR count). The zero-order valence-electron chi connectivity index (χ0n) is 13.8. The van der Waals surface area contributed by atoms with E-state index >= 15 is 0 Å². The molecule has 1 heterocycles. The molecule has 1 aliphatic rings. The molecule has 1 amide bonds. The van der Waals surface area contributed by atoms with E-state index in [0.717, 1.165) is 37.6 Å². The fourth-order valence-corrected chi connectivity index (χ4v) is 2.47. The van der Waals surface area contributed by atoms with Gasteiger partial charge in [-0.1, -0.05) is 18.2 Å². The quantitative estimate of drug-likeness (QED) is 0.476. The summed E-state index contributed by atoms with van der Waals surface area (Å²) >= 11 is 0. The second-order valence-corrected chi connectivity index (χ2v) is 5.52. The normalized spacial score (nSPS) is 15.3. The second-order valence-electron chi connectivity index (χ2n) is 5.52. The molecule has 0 aromatic heterocycles. The fourth-order valence-electron chi connectivity index (χ4n) is 2.47. The van der Waals surface area contributed by atoms with Crippen molar-refractivity contribution in [3.63, 3.8) is 0 Å². The number of hydrogen-bond donors (Lipinski definition) is 2. The monoisotopic (exact) mass is 318 g/mol. The molecule has 1 saturated heterocycles. The average Bonchev–Trinajstić information content (AvgIpc) is 2.60. The lowest BCUT2D eigenvalue weighted by molar-refractivity contribution is -0.119. The van der Waals surface area contributed by atoms with Crippen LogP contribution in [0.4, 0.5) is 5.69 Å². The van der Waals surface area contributed by atoms with Crippen molar-refractivity contribution >= 4 is 17.6 Å². The standard InChI is InChI=1S/C17H26N4O2/c1-23-13-10-18-16(22)14-19-17(21-11-6-3-7-12-21)20-15-8-4-2-5-9-15/h2,4-5,8-9H,3,6-7,10-14H2,1H3,(H,18,22)(H,19,20). The number of carbonyl (C=O) groups is 1. The lowest BCUT2D eigenvalue weighted by Gasteiger charge is -2.30. The number of rotatable bonds is 6. The fraction of sp³-hybridized carbons (Fsp3) is 0.529. The minimum absolute atomic E-state index is 0.0913. The van der Waals surface area contributed by atoms with Gasteiger partial charge in [0.2, 0.25) is 5.91 Å². The van der Waals surface area contributed by atoms with Gasteiger partial charge in [0.25, 0.3) is 0 Å². The summed E-state index contributed by atoms with van der Waals surface area (Å²) < 4.78 is 4.92. The first kappa shape index (κ1) is 17.3. The highest BCUT2D eigenvalue weighted by molar-refractivity contribution is 5.95. The summed E-state index contributed by atoms with van der Waals surface area (Å²) in [5.74, 6) is 0.684. The number of para-hydroxylation sites is 1. The third kappa shape index (κ3) is 6.28. The molecule has 6 nitrogen and oxygen atoms in total. The number of aliphatic imine (C=N–C) groups is 1. The molecule has 0 bridgehead atoms. The number of anilines is 1. The molecule has 0 unspecified atom stereocenters. The number of methoxy groups -OCH3 is 1. The summed E-state index contributed by atoms with van der Waals surface area (Å²) in [5, 5.41) is 6.13. The minimum atomic E-state index is -0.0913. The van der Waals surface area contributed by atoms with E-state index in [-0.39, 0.29) is 12.5 Å². The first-order chi connectivity index (χ1) is 11.3. The number of guanidine groups is 1. The topological polar surface area (TPSA) is 66.0 Å². The van der Waals surface area contributed by atoms with Crippen molar-refractivity contribution in [1.82, 2.24) is 10.2 Å². The maximum Gasteiger partial charge on any atom is 0.241 e. The van der Waals surface area contributed by atoms with Gasteiger partial charge in [-0.3, -0.25) is 4.79 Å². The molecular formula is C17H26N4O2. The van der Waals surface area contributed by atoms with Gasteiger partial charge in [-0.15, -0.1) is 0 Å². The Kier molecular flexibility index (Phi) is 7.39. The van der Waals surface area contributed by atoms with Crippen LogP contribution in [-0.4, -0.2) is 56.7 Å². The zero-order valence-corrected chi connectivity index (χ0v) is 13.8. The Morgan fingerprint density at radius 3 is 2.65 bits per heavy atom. The van der Waals surface area contributed by atoms with Gasteiger partial charge in [-0.2, -0.15) is 0 Å². The third-order valence-electron chi connectivity index (χ3n) is 3.69. The molecule has 1 aromatic carbocycles. The van der Waals surface area contributed by atoms with Gasteiger partial charge in [-0.25, -0.2) is 4.99 Å². The van der Waals surface area contributed by atoms with Crippen molar-refractivity contribution in [1.29, 1.82) is 0 Å². The first-order valence-corrected chi connectivity index (χ1v) is 8.16. The van der Waals surface area contributed by atoms with E-state index in [1.165, 1.54) is 6.42 Å². The van der Waals surface area contributed by atoms with E-state index in [9.17, 15) is 4.79 Å². The van der Waals surface area contributed by atoms with Crippen LogP contribution >= 0.6 is 0 Å².